The molecule has 1 aromatic heterocycles. The van der Waals surface area contributed by atoms with Crippen LogP contribution in [0, 0.1) is 0 Å². The molecule has 0 saturated carbocycles. The highest BCUT2D eigenvalue weighted by molar-refractivity contribution is 9.10. The minimum Gasteiger partial charge on any atom is -0.355 e. The summed E-state index contributed by atoms with van der Waals surface area (Å²) in [5.74, 6) is 0.0593. The first-order valence-electron chi connectivity index (χ1n) is 4.54. The average Bonchev–Trinajstić information content (AvgIpc) is 2.69. The third kappa shape index (κ3) is 3.75. The van der Waals surface area contributed by atoms with Crippen molar-refractivity contribution in [3.05, 3.63) is 16.6 Å². The van der Waals surface area contributed by atoms with E-state index in [-0.39, 0.29) is 10.7 Å². The Morgan fingerprint density at radius 2 is 2.57 bits per heavy atom. The first-order valence-corrected chi connectivity index (χ1v) is 6.33. The number of carbonyl (C=O) groups excluding carboxylic acids is 1. The first-order chi connectivity index (χ1) is 6.74. The Morgan fingerprint density at radius 1 is 1.79 bits per heavy atom. The lowest BCUT2D eigenvalue weighted by Crippen LogP contribution is -2.32. The van der Waals surface area contributed by atoms with Gasteiger partial charge in [0.05, 0.1) is 9.83 Å². The second-order valence-electron chi connectivity index (χ2n) is 2.84. The van der Waals surface area contributed by atoms with Crippen LogP contribution in [-0.2, 0) is 11.2 Å². The van der Waals surface area contributed by atoms with Gasteiger partial charge in [0.2, 0.25) is 5.91 Å². The molecule has 3 nitrogen and oxygen atoms in total. The summed E-state index contributed by atoms with van der Waals surface area (Å²) in [6.07, 6.45) is 3.40. The molecule has 1 atom stereocenters. The van der Waals surface area contributed by atoms with Crippen LogP contribution in [0.25, 0.3) is 0 Å². The Labute approximate surface area is 96.1 Å². The number of hydrogen-bond acceptors (Lipinski definition) is 3. The van der Waals surface area contributed by atoms with Gasteiger partial charge in [-0.15, -0.1) is 11.3 Å². The van der Waals surface area contributed by atoms with E-state index in [1.807, 2.05) is 12.3 Å². The summed E-state index contributed by atoms with van der Waals surface area (Å²) in [5.41, 5.74) is 0. The lowest BCUT2D eigenvalue weighted by molar-refractivity contribution is -0.120. The number of rotatable bonds is 5. The van der Waals surface area contributed by atoms with E-state index in [1.54, 1.807) is 17.5 Å². The summed E-state index contributed by atoms with van der Waals surface area (Å²) >= 11 is 4.91. The molecule has 0 fully saturated rings. The van der Waals surface area contributed by atoms with Gasteiger partial charge in [-0.3, -0.25) is 4.79 Å². The number of hydrogen-bond donors (Lipinski definition) is 1. The van der Waals surface area contributed by atoms with Crippen molar-refractivity contribution in [3.8, 4) is 0 Å². The molecule has 0 saturated heterocycles. The predicted molar refractivity (Wildman–Crippen MR) is 61.8 cm³/mol. The molecule has 0 aromatic carbocycles. The third-order valence-electron chi connectivity index (χ3n) is 1.76. The molecule has 0 aliphatic rings. The van der Waals surface area contributed by atoms with E-state index < -0.39 is 0 Å². The monoisotopic (exact) mass is 276 g/mol. The Morgan fingerprint density at radius 3 is 3.14 bits per heavy atom. The largest absolute Gasteiger partial charge is 0.355 e. The van der Waals surface area contributed by atoms with Gasteiger partial charge in [-0.1, -0.05) is 22.9 Å². The number of aromatic nitrogens is 1. The summed E-state index contributed by atoms with van der Waals surface area (Å²) in [6, 6.07) is 0. The maximum Gasteiger partial charge on any atom is 0.233 e. The molecule has 1 rings (SSSR count). The second-order valence-corrected chi connectivity index (χ2v) is 4.93. The SMILES string of the molecule is CCC(Br)C(=O)NCCc1nccs1. The first kappa shape index (κ1) is 11.7. The number of halogens is 1. The number of nitrogens with zero attached hydrogens (tertiary/aromatic N) is 1. The minimum atomic E-state index is -0.0706. The van der Waals surface area contributed by atoms with Gasteiger partial charge in [-0.25, -0.2) is 4.98 Å². The molecule has 1 unspecified atom stereocenters. The molecule has 78 valence electrons. The third-order valence-corrected chi connectivity index (χ3v) is 3.67. The number of carbonyl (C=O) groups is 1. The van der Waals surface area contributed by atoms with Crippen molar-refractivity contribution >= 4 is 33.2 Å². The molecule has 1 N–H and O–H groups in total. The summed E-state index contributed by atoms with van der Waals surface area (Å²) in [4.78, 5) is 15.4. The van der Waals surface area contributed by atoms with Gasteiger partial charge in [0.25, 0.3) is 0 Å². The number of alkyl halides is 1. The molecular weight excluding hydrogens is 264 g/mol. The molecule has 0 bridgehead atoms. The topological polar surface area (TPSA) is 42.0 Å². The molecule has 0 aliphatic carbocycles. The van der Waals surface area contributed by atoms with Crippen molar-refractivity contribution in [2.24, 2.45) is 0 Å². The van der Waals surface area contributed by atoms with Crippen LogP contribution in [-0.4, -0.2) is 22.3 Å². The van der Waals surface area contributed by atoms with Crippen LogP contribution in [0.2, 0.25) is 0 Å². The van der Waals surface area contributed by atoms with Gasteiger partial charge in [-0.2, -0.15) is 0 Å². The smallest absolute Gasteiger partial charge is 0.233 e. The molecule has 5 heteroatoms. The summed E-state index contributed by atoms with van der Waals surface area (Å²) in [7, 11) is 0. The van der Waals surface area contributed by atoms with Crippen LogP contribution in [0.1, 0.15) is 18.4 Å². The van der Waals surface area contributed by atoms with E-state index in [4.69, 9.17) is 0 Å². The highest BCUT2D eigenvalue weighted by atomic mass is 79.9. The molecule has 0 radical (unpaired) electrons. The Hall–Kier alpha value is -0.420. The number of amides is 1. The van der Waals surface area contributed by atoms with Crippen LogP contribution in [0.3, 0.4) is 0 Å². The van der Waals surface area contributed by atoms with E-state index in [1.165, 1.54) is 0 Å². The minimum absolute atomic E-state index is 0.0593. The normalized spacial score (nSPS) is 12.4. The highest BCUT2D eigenvalue weighted by Gasteiger charge is 2.10. The fourth-order valence-corrected chi connectivity index (χ4v) is 1.75. The highest BCUT2D eigenvalue weighted by Crippen LogP contribution is 2.05. The molecule has 1 heterocycles. The van der Waals surface area contributed by atoms with Crippen molar-refractivity contribution in [2.75, 3.05) is 6.54 Å². The quantitative estimate of drug-likeness (QED) is 0.836. The van der Waals surface area contributed by atoms with Gasteiger partial charge in [0.15, 0.2) is 0 Å². The molecule has 1 amide bonds. The van der Waals surface area contributed by atoms with Gasteiger partial charge in [0, 0.05) is 24.5 Å². The molecule has 0 spiro atoms. The molecule has 0 aliphatic heterocycles. The fraction of sp³-hybridized carbons (Fsp3) is 0.556. The molecular formula is C9H13BrN2OS. The maximum absolute atomic E-state index is 11.3. The van der Waals surface area contributed by atoms with Crippen LogP contribution < -0.4 is 5.32 Å². The van der Waals surface area contributed by atoms with Crippen molar-refractivity contribution in [3.63, 3.8) is 0 Å². The summed E-state index contributed by atoms with van der Waals surface area (Å²) in [6.45, 7) is 2.63. The molecule has 1 aromatic rings. The lowest BCUT2D eigenvalue weighted by atomic mass is 10.3. The zero-order valence-electron chi connectivity index (χ0n) is 8.00. The number of thiazole rings is 1. The van der Waals surface area contributed by atoms with Crippen LogP contribution in [0.4, 0.5) is 0 Å². The van der Waals surface area contributed by atoms with Gasteiger partial charge in [0.1, 0.15) is 0 Å². The van der Waals surface area contributed by atoms with Crippen molar-refractivity contribution in [1.29, 1.82) is 0 Å². The van der Waals surface area contributed by atoms with E-state index in [0.29, 0.717) is 6.54 Å². The fourth-order valence-electron chi connectivity index (χ4n) is 0.965. The predicted octanol–water partition coefficient (Wildman–Crippen LogP) is 1.98. The van der Waals surface area contributed by atoms with Crippen LogP contribution in [0.5, 0.6) is 0 Å². The molecule has 14 heavy (non-hydrogen) atoms. The van der Waals surface area contributed by atoms with Gasteiger partial charge in [-0.05, 0) is 6.42 Å². The van der Waals surface area contributed by atoms with E-state index in [9.17, 15) is 4.79 Å². The van der Waals surface area contributed by atoms with Crippen LogP contribution >= 0.6 is 27.3 Å². The van der Waals surface area contributed by atoms with Crippen molar-refractivity contribution < 1.29 is 4.79 Å². The van der Waals surface area contributed by atoms with E-state index in [2.05, 4.69) is 26.2 Å². The number of nitrogens with one attached hydrogen (secondary N) is 1. The van der Waals surface area contributed by atoms with Crippen molar-refractivity contribution in [1.82, 2.24) is 10.3 Å². The average molecular weight is 277 g/mol. The van der Waals surface area contributed by atoms with Crippen LogP contribution in [0.15, 0.2) is 11.6 Å². The summed E-state index contributed by atoms with van der Waals surface area (Å²) < 4.78 is 0. The lowest BCUT2D eigenvalue weighted by Gasteiger charge is -2.07. The second kappa shape index (κ2) is 6.14. The van der Waals surface area contributed by atoms with Gasteiger partial charge < -0.3 is 5.32 Å². The standard InChI is InChI=1S/C9H13BrN2OS/c1-2-7(10)9(13)12-4-3-8-11-5-6-14-8/h5-7H,2-4H2,1H3,(H,12,13). The zero-order chi connectivity index (χ0) is 10.4. The Kier molecular flexibility index (Phi) is 5.11. The summed E-state index contributed by atoms with van der Waals surface area (Å²) in [5, 5.41) is 5.86. The van der Waals surface area contributed by atoms with E-state index in [0.717, 1.165) is 17.8 Å². The van der Waals surface area contributed by atoms with Crippen molar-refractivity contribution in [2.45, 2.75) is 24.6 Å². The van der Waals surface area contributed by atoms with Gasteiger partial charge >= 0.3 is 0 Å². The van der Waals surface area contributed by atoms with E-state index >= 15 is 0 Å². The Bertz CT molecular complexity index is 276. The Balaban J connectivity index is 2.18. The zero-order valence-corrected chi connectivity index (χ0v) is 10.4. The maximum atomic E-state index is 11.3.